The summed E-state index contributed by atoms with van der Waals surface area (Å²) in [4.78, 5) is 27.5. The summed E-state index contributed by atoms with van der Waals surface area (Å²) in [6.45, 7) is 12.5. The quantitative estimate of drug-likeness (QED) is 0.725. The molecule has 0 aromatic rings. The maximum Gasteiger partial charge on any atom is 0.410 e. The normalized spacial score (nSPS) is 20.4. The zero-order valence-electron chi connectivity index (χ0n) is 14.9. The average molecular weight is 326 g/mol. The van der Waals surface area contributed by atoms with E-state index in [1.54, 1.807) is 4.90 Å². The van der Waals surface area contributed by atoms with E-state index in [9.17, 15) is 9.59 Å². The number of likely N-dealkylation sites (tertiary alicyclic amines) is 2. The first kappa shape index (κ1) is 18.0. The van der Waals surface area contributed by atoms with Crippen molar-refractivity contribution in [2.45, 2.75) is 52.6 Å². The van der Waals surface area contributed by atoms with Gasteiger partial charge in [-0.05, 0) is 53.6 Å². The number of hydrogen-bond acceptors (Lipinski definition) is 5. The van der Waals surface area contributed by atoms with E-state index in [-0.39, 0.29) is 17.5 Å². The number of amides is 1. The van der Waals surface area contributed by atoms with Crippen molar-refractivity contribution >= 4 is 12.1 Å². The van der Waals surface area contributed by atoms with Crippen LogP contribution in [0.1, 0.15) is 47.0 Å². The zero-order chi connectivity index (χ0) is 17.1. The predicted molar refractivity (Wildman–Crippen MR) is 87.2 cm³/mol. The molecule has 2 rings (SSSR count). The second-order valence-corrected chi connectivity index (χ2v) is 7.77. The molecule has 0 unspecified atom stereocenters. The maximum atomic E-state index is 12.0. The molecule has 0 N–H and O–H groups in total. The third kappa shape index (κ3) is 5.09. The minimum atomic E-state index is -0.436. The zero-order valence-corrected chi connectivity index (χ0v) is 14.9. The van der Waals surface area contributed by atoms with Crippen molar-refractivity contribution < 1.29 is 19.1 Å². The number of carbonyl (C=O) groups is 2. The number of ether oxygens (including phenoxy) is 2. The van der Waals surface area contributed by atoms with Gasteiger partial charge in [0.1, 0.15) is 5.60 Å². The molecule has 1 spiro atoms. The predicted octanol–water partition coefficient (Wildman–Crippen LogP) is 2.27. The Bertz CT molecular complexity index is 438. The first-order chi connectivity index (χ1) is 10.7. The fraction of sp³-hybridized carbons (Fsp3) is 0.882. The van der Waals surface area contributed by atoms with Crippen molar-refractivity contribution in [3.05, 3.63) is 0 Å². The van der Waals surface area contributed by atoms with E-state index in [1.807, 2.05) is 27.7 Å². The molecule has 2 aliphatic rings. The van der Waals surface area contributed by atoms with Gasteiger partial charge in [0, 0.05) is 31.5 Å². The van der Waals surface area contributed by atoms with Crippen LogP contribution in [0.4, 0.5) is 4.79 Å². The minimum absolute atomic E-state index is 0.110. The molecule has 23 heavy (non-hydrogen) atoms. The molecule has 0 atom stereocenters. The molecule has 6 heteroatoms. The molecule has 0 radical (unpaired) electrons. The van der Waals surface area contributed by atoms with Crippen molar-refractivity contribution in [3.8, 4) is 0 Å². The highest BCUT2D eigenvalue weighted by Crippen LogP contribution is 2.40. The summed E-state index contributed by atoms with van der Waals surface area (Å²) in [7, 11) is 0. The number of rotatable bonds is 5. The molecule has 6 nitrogen and oxygen atoms in total. The number of nitrogens with zero attached hydrogens (tertiary/aromatic N) is 2. The topological polar surface area (TPSA) is 59.1 Å². The van der Waals surface area contributed by atoms with E-state index in [2.05, 4.69) is 4.90 Å². The van der Waals surface area contributed by atoms with Crippen molar-refractivity contribution in [2.75, 3.05) is 39.3 Å². The average Bonchev–Trinajstić information content (AvgIpc) is 2.79. The number of carbonyl (C=O) groups excluding carboxylic acids is 2. The van der Waals surface area contributed by atoms with E-state index in [0.717, 1.165) is 45.6 Å². The fourth-order valence-electron chi connectivity index (χ4n) is 3.38. The monoisotopic (exact) mass is 326 g/mol. The van der Waals surface area contributed by atoms with Crippen molar-refractivity contribution in [1.82, 2.24) is 9.80 Å². The molecule has 0 bridgehead atoms. The lowest BCUT2D eigenvalue weighted by Gasteiger charge is -2.47. The first-order valence-electron chi connectivity index (χ1n) is 8.59. The molecule has 132 valence electrons. The highest BCUT2D eigenvalue weighted by molar-refractivity contribution is 5.69. The van der Waals surface area contributed by atoms with Gasteiger partial charge in [0.15, 0.2) is 0 Å². The number of hydrogen-bond donors (Lipinski definition) is 0. The van der Waals surface area contributed by atoms with E-state index in [4.69, 9.17) is 9.47 Å². The second kappa shape index (κ2) is 7.07. The fourth-order valence-corrected chi connectivity index (χ4v) is 3.38. The van der Waals surface area contributed by atoms with Crippen molar-refractivity contribution in [3.63, 3.8) is 0 Å². The summed E-state index contributed by atoms with van der Waals surface area (Å²) in [6.07, 6.45) is 2.24. The van der Waals surface area contributed by atoms with E-state index >= 15 is 0 Å². The summed E-state index contributed by atoms with van der Waals surface area (Å²) in [5, 5.41) is 0. The van der Waals surface area contributed by atoms with Crippen LogP contribution in [0.25, 0.3) is 0 Å². The lowest BCUT2D eigenvalue weighted by atomic mass is 9.79. The van der Waals surface area contributed by atoms with Gasteiger partial charge in [-0.15, -0.1) is 0 Å². The first-order valence-corrected chi connectivity index (χ1v) is 8.59. The van der Waals surface area contributed by atoms with Gasteiger partial charge < -0.3 is 19.3 Å². The molecular weight excluding hydrogens is 296 g/mol. The molecule has 0 aromatic heterocycles. The SMILES string of the molecule is CCOC(=O)CCCN1CCC2(C1)CN(C(=O)OC(C)(C)C)C2. The standard InChI is InChI=1S/C17H30N2O4/c1-5-22-14(20)7-6-9-18-10-8-17(11-18)12-19(13-17)15(21)23-16(2,3)4/h5-13H2,1-4H3. The van der Waals surface area contributed by atoms with Crippen molar-refractivity contribution in [1.29, 1.82) is 0 Å². The molecule has 0 saturated carbocycles. The Hall–Kier alpha value is -1.30. The van der Waals surface area contributed by atoms with Crippen LogP contribution < -0.4 is 0 Å². The summed E-state index contributed by atoms with van der Waals surface area (Å²) in [6, 6.07) is 0. The van der Waals surface area contributed by atoms with Crippen LogP contribution in [-0.4, -0.2) is 66.8 Å². The van der Waals surface area contributed by atoms with Gasteiger partial charge in [-0.3, -0.25) is 4.79 Å². The van der Waals surface area contributed by atoms with Crippen LogP contribution in [0.2, 0.25) is 0 Å². The Balaban J connectivity index is 1.67. The minimum Gasteiger partial charge on any atom is -0.466 e. The van der Waals surface area contributed by atoms with Gasteiger partial charge in [-0.25, -0.2) is 4.79 Å². The van der Waals surface area contributed by atoms with Crippen LogP contribution in [0.3, 0.4) is 0 Å². The van der Waals surface area contributed by atoms with Gasteiger partial charge in [-0.2, -0.15) is 0 Å². The molecule has 2 saturated heterocycles. The summed E-state index contributed by atoms with van der Waals surface area (Å²) in [5.41, 5.74) is -0.199. The smallest absolute Gasteiger partial charge is 0.410 e. The third-order valence-electron chi connectivity index (χ3n) is 4.38. The number of esters is 1. The Morgan fingerprint density at radius 3 is 2.48 bits per heavy atom. The largest absolute Gasteiger partial charge is 0.466 e. The highest BCUT2D eigenvalue weighted by Gasteiger charge is 2.49. The van der Waals surface area contributed by atoms with E-state index in [1.165, 1.54) is 0 Å². The van der Waals surface area contributed by atoms with Crippen molar-refractivity contribution in [2.24, 2.45) is 5.41 Å². The van der Waals surface area contributed by atoms with Gasteiger partial charge in [-0.1, -0.05) is 0 Å². The lowest BCUT2D eigenvalue weighted by molar-refractivity contribution is -0.143. The van der Waals surface area contributed by atoms with Crippen LogP contribution in [0.15, 0.2) is 0 Å². The summed E-state index contributed by atoms with van der Waals surface area (Å²) >= 11 is 0. The molecule has 2 fully saturated rings. The van der Waals surface area contributed by atoms with E-state index < -0.39 is 5.60 Å². The van der Waals surface area contributed by atoms with Gasteiger partial charge in [0.05, 0.1) is 6.61 Å². The third-order valence-corrected chi connectivity index (χ3v) is 4.38. The summed E-state index contributed by atoms with van der Waals surface area (Å²) < 4.78 is 10.4. The Morgan fingerprint density at radius 2 is 1.87 bits per heavy atom. The van der Waals surface area contributed by atoms with Crippen LogP contribution in [-0.2, 0) is 14.3 Å². The lowest BCUT2D eigenvalue weighted by Crippen LogP contribution is -2.60. The molecular formula is C17H30N2O4. The Kier molecular flexibility index (Phi) is 5.55. The molecule has 2 heterocycles. The maximum absolute atomic E-state index is 12.0. The molecule has 0 aliphatic carbocycles. The molecule has 2 aliphatic heterocycles. The molecule has 1 amide bonds. The Labute approximate surface area is 139 Å². The van der Waals surface area contributed by atoms with Crippen LogP contribution in [0.5, 0.6) is 0 Å². The Morgan fingerprint density at radius 1 is 1.17 bits per heavy atom. The van der Waals surface area contributed by atoms with Gasteiger partial charge in [0.25, 0.3) is 0 Å². The van der Waals surface area contributed by atoms with Crippen LogP contribution >= 0.6 is 0 Å². The summed E-state index contributed by atoms with van der Waals surface area (Å²) in [5.74, 6) is -0.110. The second-order valence-electron chi connectivity index (χ2n) is 7.77. The van der Waals surface area contributed by atoms with Gasteiger partial charge in [0.2, 0.25) is 0 Å². The molecule has 0 aromatic carbocycles. The van der Waals surface area contributed by atoms with Gasteiger partial charge >= 0.3 is 12.1 Å². The van der Waals surface area contributed by atoms with E-state index in [0.29, 0.717) is 13.0 Å². The highest BCUT2D eigenvalue weighted by atomic mass is 16.6. The van der Waals surface area contributed by atoms with Crippen LogP contribution in [0, 0.1) is 5.41 Å².